The number of halogens is 2. The molecule has 0 bridgehead atoms. The lowest BCUT2D eigenvalue weighted by Gasteiger charge is -2.12. The largest absolute Gasteiger partial charge is 0.496 e. The van der Waals surface area contributed by atoms with Gasteiger partial charge >= 0.3 is 0 Å². The van der Waals surface area contributed by atoms with Gasteiger partial charge < -0.3 is 10.1 Å². The normalized spacial score (nSPS) is 10.3. The number of aryl methyl sites for hydroxylation is 1. The van der Waals surface area contributed by atoms with E-state index < -0.39 is 0 Å². The summed E-state index contributed by atoms with van der Waals surface area (Å²) >= 11 is 12.2. The zero-order chi connectivity index (χ0) is 15.4. The van der Waals surface area contributed by atoms with Crippen LogP contribution in [0.5, 0.6) is 5.75 Å². The first-order chi connectivity index (χ1) is 10.0. The zero-order valence-electron chi connectivity index (χ0n) is 11.6. The molecule has 0 saturated heterocycles. The molecule has 0 spiro atoms. The SMILES string of the molecule is COc1cccc(Cl)c1CNC(=O)c1cnc(C)cc1Cl. The van der Waals surface area contributed by atoms with Crippen molar-refractivity contribution in [2.75, 3.05) is 7.11 Å². The quantitative estimate of drug-likeness (QED) is 0.934. The number of methoxy groups -OCH3 is 1. The first-order valence-electron chi connectivity index (χ1n) is 6.24. The fourth-order valence-corrected chi connectivity index (χ4v) is 2.38. The lowest BCUT2D eigenvalue weighted by atomic mass is 10.2. The molecule has 0 atom stereocenters. The molecule has 2 rings (SSSR count). The van der Waals surface area contributed by atoms with Crippen molar-refractivity contribution < 1.29 is 9.53 Å². The van der Waals surface area contributed by atoms with Crippen molar-refractivity contribution in [3.05, 3.63) is 57.3 Å². The molecule has 0 radical (unpaired) electrons. The number of pyridine rings is 1. The van der Waals surface area contributed by atoms with Crippen molar-refractivity contribution in [2.24, 2.45) is 0 Å². The average molecular weight is 325 g/mol. The van der Waals surface area contributed by atoms with Crippen molar-refractivity contribution in [3.8, 4) is 5.75 Å². The van der Waals surface area contributed by atoms with Crippen LogP contribution in [0.1, 0.15) is 21.6 Å². The number of rotatable bonds is 4. The third-order valence-electron chi connectivity index (χ3n) is 2.96. The first-order valence-corrected chi connectivity index (χ1v) is 7.00. The topological polar surface area (TPSA) is 51.2 Å². The summed E-state index contributed by atoms with van der Waals surface area (Å²) in [4.78, 5) is 16.2. The summed E-state index contributed by atoms with van der Waals surface area (Å²) in [7, 11) is 1.55. The maximum absolute atomic E-state index is 12.1. The van der Waals surface area contributed by atoms with Gasteiger partial charge in [0.15, 0.2) is 0 Å². The van der Waals surface area contributed by atoms with Crippen molar-refractivity contribution in [2.45, 2.75) is 13.5 Å². The van der Waals surface area contributed by atoms with Crippen LogP contribution in [0.3, 0.4) is 0 Å². The van der Waals surface area contributed by atoms with Crippen LogP contribution in [-0.2, 0) is 6.54 Å². The number of hydrogen-bond acceptors (Lipinski definition) is 3. The highest BCUT2D eigenvalue weighted by molar-refractivity contribution is 6.33. The first kappa shape index (κ1) is 15.6. The molecule has 1 amide bonds. The number of ether oxygens (including phenoxy) is 1. The fourth-order valence-electron chi connectivity index (χ4n) is 1.86. The number of aromatic nitrogens is 1. The molecule has 0 aliphatic rings. The van der Waals surface area contributed by atoms with Gasteiger partial charge in [-0.25, -0.2) is 0 Å². The maximum atomic E-state index is 12.1. The molecule has 4 nitrogen and oxygen atoms in total. The minimum absolute atomic E-state index is 0.242. The number of carbonyl (C=O) groups is 1. The van der Waals surface area contributed by atoms with E-state index in [4.69, 9.17) is 27.9 Å². The Morgan fingerprint density at radius 1 is 1.33 bits per heavy atom. The van der Waals surface area contributed by atoms with E-state index in [1.54, 1.807) is 31.4 Å². The standard InChI is InChI=1S/C15H14Cl2N2O2/c1-9-6-13(17)11(8-18-9)15(20)19-7-10-12(16)4-3-5-14(10)21-2/h3-6,8H,7H2,1-2H3,(H,19,20). The van der Waals surface area contributed by atoms with Crippen molar-refractivity contribution in [3.63, 3.8) is 0 Å². The number of hydrogen-bond donors (Lipinski definition) is 1. The molecule has 6 heteroatoms. The Bertz CT molecular complexity index is 675. The highest BCUT2D eigenvalue weighted by Gasteiger charge is 2.13. The summed E-state index contributed by atoms with van der Waals surface area (Å²) < 4.78 is 5.23. The third kappa shape index (κ3) is 3.65. The molecule has 0 saturated carbocycles. The average Bonchev–Trinajstić information content (AvgIpc) is 2.45. The van der Waals surface area contributed by atoms with Crippen LogP contribution in [0, 0.1) is 6.92 Å². The summed E-state index contributed by atoms with van der Waals surface area (Å²) in [6.07, 6.45) is 1.46. The van der Waals surface area contributed by atoms with Gasteiger partial charge in [0.1, 0.15) is 5.75 Å². The zero-order valence-corrected chi connectivity index (χ0v) is 13.1. The van der Waals surface area contributed by atoms with Crippen LogP contribution in [0.4, 0.5) is 0 Å². The number of benzene rings is 1. The van der Waals surface area contributed by atoms with Crippen LogP contribution in [-0.4, -0.2) is 18.0 Å². The third-order valence-corrected chi connectivity index (χ3v) is 3.62. The number of carbonyl (C=O) groups excluding carboxylic acids is 1. The van der Waals surface area contributed by atoms with Crippen LogP contribution in [0.2, 0.25) is 10.0 Å². The Morgan fingerprint density at radius 3 is 2.76 bits per heavy atom. The summed E-state index contributed by atoms with van der Waals surface area (Å²) in [6.45, 7) is 2.05. The number of nitrogens with one attached hydrogen (secondary N) is 1. The van der Waals surface area contributed by atoms with E-state index >= 15 is 0 Å². The smallest absolute Gasteiger partial charge is 0.254 e. The monoisotopic (exact) mass is 324 g/mol. The van der Waals surface area contributed by atoms with Crippen molar-refractivity contribution in [1.82, 2.24) is 10.3 Å². The number of amides is 1. The summed E-state index contributed by atoms with van der Waals surface area (Å²) in [5, 5.41) is 3.66. The van der Waals surface area contributed by atoms with Gasteiger partial charge in [-0.05, 0) is 25.1 Å². The molecule has 2 aromatic rings. The summed E-state index contributed by atoms with van der Waals surface area (Å²) in [5.74, 6) is 0.311. The van der Waals surface area contributed by atoms with E-state index in [-0.39, 0.29) is 12.5 Å². The molecule has 1 aromatic carbocycles. The molecule has 21 heavy (non-hydrogen) atoms. The van der Waals surface area contributed by atoms with Gasteiger partial charge in [-0.3, -0.25) is 9.78 Å². The number of nitrogens with zero attached hydrogens (tertiary/aromatic N) is 1. The molecule has 0 unspecified atom stereocenters. The Kier molecular flexibility index (Phi) is 5.04. The minimum atomic E-state index is -0.311. The molecule has 0 aliphatic heterocycles. The molecular weight excluding hydrogens is 311 g/mol. The highest BCUT2D eigenvalue weighted by atomic mass is 35.5. The van der Waals surface area contributed by atoms with Crippen LogP contribution >= 0.6 is 23.2 Å². The van der Waals surface area contributed by atoms with E-state index in [1.807, 2.05) is 6.92 Å². The van der Waals surface area contributed by atoms with Gasteiger partial charge in [0.05, 0.1) is 17.7 Å². The van der Waals surface area contributed by atoms with Gasteiger partial charge in [-0.1, -0.05) is 29.3 Å². The summed E-state index contributed by atoms with van der Waals surface area (Å²) in [5.41, 5.74) is 1.80. The van der Waals surface area contributed by atoms with Crippen LogP contribution < -0.4 is 10.1 Å². The van der Waals surface area contributed by atoms with E-state index in [0.717, 1.165) is 5.69 Å². The predicted octanol–water partition coefficient (Wildman–Crippen LogP) is 3.64. The minimum Gasteiger partial charge on any atom is -0.496 e. The molecule has 1 heterocycles. The fraction of sp³-hybridized carbons (Fsp3) is 0.200. The maximum Gasteiger partial charge on any atom is 0.254 e. The van der Waals surface area contributed by atoms with E-state index in [0.29, 0.717) is 26.9 Å². The van der Waals surface area contributed by atoms with Gasteiger partial charge in [0.2, 0.25) is 0 Å². The molecule has 110 valence electrons. The van der Waals surface area contributed by atoms with Crippen LogP contribution in [0.25, 0.3) is 0 Å². The Balaban J connectivity index is 2.15. The molecule has 0 fully saturated rings. The van der Waals surface area contributed by atoms with E-state index in [9.17, 15) is 4.79 Å². The molecule has 1 N–H and O–H groups in total. The molecule has 0 aliphatic carbocycles. The molecular formula is C15H14Cl2N2O2. The highest BCUT2D eigenvalue weighted by Crippen LogP contribution is 2.26. The Labute approximate surface area is 133 Å². The van der Waals surface area contributed by atoms with Crippen molar-refractivity contribution in [1.29, 1.82) is 0 Å². The lowest BCUT2D eigenvalue weighted by molar-refractivity contribution is 0.0950. The van der Waals surface area contributed by atoms with Gasteiger partial charge in [0.25, 0.3) is 5.91 Å². The van der Waals surface area contributed by atoms with Crippen molar-refractivity contribution >= 4 is 29.1 Å². The second-order valence-electron chi connectivity index (χ2n) is 4.41. The second kappa shape index (κ2) is 6.78. The summed E-state index contributed by atoms with van der Waals surface area (Å²) in [6, 6.07) is 6.96. The van der Waals surface area contributed by atoms with E-state index in [1.165, 1.54) is 6.20 Å². The second-order valence-corrected chi connectivity index (χ2v) is 5.22. The van der Waals surface area contributed by atoms with Crippen LogP contribution in [0.15, 0.2) is 30.5 Å². The van der Waals surface area contributed by atoms with Gasteiger partial charge in [-0.15, -0.1) is 0 Å². The lowest BCUT2D eigenvalue weighted by Crippen LogP contribution is -2.23. The van der Waals surface area contributed by atoms with E-state index in [2.05, 4.69) is 10.3 Å². The van der Waals surface area contributed by atoms with Gasteiger partial charge in [0, 0.05) is 29.0 Å². The Morgan fingerprint density at radius 2 is 2.10 bits per heavy atom. The van der Waals surface area contributed by atoms with Gasteiger partial charge in [-0.2, -0.15) is 0 Å². The predicted molar refractivity (Wildman–Crippen MR) is 83.2 cm³/mol. The Hall–Kier alpha value is -1.78. The molecule has 1 aromatic heterocycles.